The molecule has 0 unspecified atom stereocenters. The first-order chi connectivity index (χ1) is 13.8. The van der Waals surface area contributed by atoms with Crippen molar-refractivity contribution in [2.75, 3.05) is 13.2 Å². The van der Waals surface area contributed by atoms with Crippen LogP contribution in [0, 0.1) is 11.8 Å². The highest BCUT2D eigenvalue weighted by Crippen LogP contribution is 2.14. The summed E-state index contributed by atoms with van der Waals surface area (Å²) in [6.07, 6.45) is 11.5. The summed E-state index contributed by atoms with van der Waals surface area (Å²) in [5, 5.41) is 0. The third-order valence-electron chi connectivity index (χ3n) is 4.31. The molecular formula is C26H32O2. The minimum atomic E-state index is 0.615. The smallest absolute Gasteiger partial charge is 0.119 e. The lowest BCUT2D eigenvalue weighted by Gasteiger charge is -2.04. The van der Waals surface area contributed by atoms with Crippen molar-refractivity contribution in [3.05, 3.63) is 71.8 Å². The van der Waals surface area contributed by atoms with Crippen molar-refractivity contribution in [1.82, 2.24) is 0 Å². The van der Waals surface area contributed by atoms with E-state index < -0.39 is 0 Å². The molecule has 28 heavy (non-hydrogen) atoms. The minimum absolute atomic E-state index is 0.615. The van der Waals surface area contributed by atoms with Gasteiger partial charge in [0.15, 0.2) is 0 Å². The predicted molar refractivity (Wildman–Crippen MR) is 118 cm³/mol. The second-order valence-corrected chi connectivity index (χ2v) is 6.78. The van der Waals surface area contributed by atoms with Crippen LogP contribution >= 0.6 is 0 Å². The second kappa shape index (κ2) is 13.5. The topological polar surface area (TPSA) is 18.5 Å². The van der Waals surface area contributed by atoms with E-state index in [9.17, 15) is 0 Å². The van der Waals surface area contributed by atoms with Gasteiger partial charge in [-0.25, -0.2) is 0 Å². The van der Waals surface area contributed by atoms with Crippen LogP contribution in [0.2, 0.25) is 0 Å². The van der Waals surface area contributed by atoms with Crippen LogP contribution in [0.3, 0.4) is 0 Å². The van der Waals surface area contributed by atoms with E-state index in [4.69, 9.17) is 9.47 Å². The maximum absolute atomic E-state index is 5.73. The summed E-state index contributed by atoms with van der Waals surface area (Å²) in [6.45, 7) is 5.77. The standard InChI is InChI=1S/C26H32O2/c1-3-5-7-8-9-10-22-28-26-19-15-24(16-20-26)12-11-23-13-17-25(18-14-23)27-21-6-4-2/h9-10,13-20H,3-8,21-22H2,1-2H3. The molecule has 0 aliphatic carbocycles. The Morgan fingerprint density at radius 3 is 1.82 bits per heavy atom. The maximum atomic E-state index is 5.73. The van der Waals surface area contributed by atoms with Gasteiger partial charge in [0, 0.05) is 11.1 Å². The van der Waals surface area contributed by atoms with Crippen molar-refractivity contribution in [2.45, 2.75) is 52.4 Å². The molecule has 2 rings (SSSR count). The zero-order valence-electron chi connectivity index (χ0n) is 17.2. The van der Waals surface area contributed by atoms with Crippen molar-refractivity contribution in [3.8, 4) is 23.3 Å². The molecule has 0 atom stereocenters. The number of benzene rings is 2. The normalized spacial score (nSPS) is 10.5. The lowest BCUT2D eigenvalue weighted by atomic mass is 10.2. The molecule has 0 amide bonds. The van der Waals surface area contributed by atoms with Gasteiger partial charge in [-0.3, -0.25) is 0 Å². The fourth-order valence-electron chi connectivity index (χ4n) is 2.59. The van der Waals surface area contributed by atoms with E-state index >= 15 is 0 Å². The van der Waals surface area contributed by atoms with Crippen molar-refractivity contribution >= 4 is 0 Å². The second-order valence-electron chi connectivity index (χ2n) is 6.78. The molecule has 0 aliphatic rings. The number of hydrogen-bond donors (Lipinski definition) is 0. The van der Waals surface area contributed by atoms with Crippen LogP contribution in [-0.4, -0.2) is 13.2 Å². The summed E-state index contributed by atoms with van der Waals surface area (Å²) in [5.74, 6) is 8.16. The summed E-state index contributed by atoms with van der Waals surface area (Å²) in [6, 6.07) is 15.9. The fourth-order valence-corrected chi connectivity index (χ4v) is 2.59. The largest absolute Gasteiger partial charge is 0.494 e. The van der Waals surface area contributed by atoms with E-state index in [1.54, 1.807) is 0 Å². The van der Waals surface area contributed by atoms with E-state index in [2.05, 4.69) is 37.8 Å². The molecule has 2 aromatic carbocycles. The molecule has 0 N–H and O–H groups in total. The fraction of sp³-hybridized carbons (Fsp3) is 0.385. The first kappa shape index (κ1) is 21.6. The van der Waals surface area contributed by atoms with Gasteiger partial charge in [-0.15, -0.1) is 0 Å². The average Bonchev–Trinajstić information content (AvgIpc) is 2.73. The number of hydrogen-bond acceptors (Lipinski definition) is 2. The van der Waals surface area contributed by atoms with Crippen LogP contribution in [0.15, 0.2) is 60.7 Å². The van der Waals surface area contributed by atoms with Gasteiger partial charge in [-0.2, -0.15) is 0 Å². The molecule has 0 bridgehead atoms. The highest BCUT2D eigenvalue weighted by molar-refractivity contribution is 5.45. The van der Waals surface area contributed by atoms with Crippen LogP contribution < -0.4 is 9.47 Å². The molecule has 0 fully saturated rings. The third-order valence-corrected chi connectivity index (χ3v) is 4.31. The summed E-state index contributed by atoms with van der Waals surface area (Å²) >= 11 is 0. The Morgan fingerprint density at radius 1 is 0.679 bits per heavy atom. The van der Waals surface area contributed by atoms with Gasteiger partial charge in [0.25, 0.3) is 0 Å². The van der Waals surface area contributed by atoms with Crippen LogP contribution in [0.1, 0.15) is 63.5 Å². The zero-order valence-corrected chi connectivity index (χ0v) is 17.2. The quantitative estimate of drug-likeness (QED) is 0.244. The first-order valence-electron chi connectivity index (χ1n) is 10.4. The average molecular weight is 377 g/mol. The van der Waals surface area contributed by atoms with Crippen molar-refractivity contribution in [3.63, 3.8) is 0 Å². The van der Waals surface area contributed by atoms with Crippen molar-refractivity contribution in [2.24, 2.45) is 0 Å². The van der Waals surface area contributed by atoms with E-state index in [-0.39, 0.29) is 0 Å². The maximum Gasteiger partial charge on any atom is 0.119 e. The number of ether oxygens (including phenoxy) is 2. The number of rotatable bonds is 11. The van der Waals surface area contributed by atoms with Crippen molar-refractivity contribution in [1.29, 1.82) is 0 Å². The Morgan fingerprint density at radius 2 is 1.25 bits per heavy atom. The molecule has 0 radical (unpaired) electrons. The SMILES string of the molecule is CCCCCC=CCOc1ccc(C#Cc2ccc(OCCCC)cc2)cc1. The van der Waals surface area contributed by atoms with Crippen molar-refractivity contribution < 1.29 is 9.47 Å². The van der Waals surface area contributed by atoms with Gasteiger partial charge in [-0.1, -0.05) is 57.1 Å². The summed E-state index contributed by atoms with van der Waals surface area (Å²) in [5.41, 5.74) is 1.96. The molecule has 0 aliphatic heterocycles. The minimum Gasteiger partial charge on any atom is -0.494 e. The molecule has 2 nitrogen and oxygen atoms in total. The third kappa shape index (κ3) is 8.82. The molecule has 2 heteroatoms. The molecule has 0 spiro atoms. The summed E-state index contributed by atoms with van der Waals surface area (Å²) in [7, 11) is 0. The number of allylic oxidation sites excluding steroid dienone is 1. The first-order valence-corrected chi connectivity index (χ1v) is 10.4. The van der Waals surface area contributed by atoms with Gasteiger partial charge in [0.2, 0.25) is 0 Å². The Bertz CT molecular complexity index is 746. The van der Waals surface area contributed by atoms with E-state index in [1.807, 2.05) is 48.5 Å². The summed E-state index contributed by atoms with van der Waals surface area (Å²) in [4.78, 5) is 0. The zero-order chi connectivity index (χ0) is 19.9. The molecule has 0 saturated carbocycles. The van der Waals surface area contributed by atoms with E-state index in [1.165, 1.54) is 19.3 Å². The summed E-state index contributed by atoms with van der Waals surface area (Å²) < 4.78 is 11.4. The molecular weight excluding hydrogens is 344 g/mol. The lowest BCUT2D eigenvalue weighted by molar-refractivity contribution is 0.309. The molecule has 2 aromatic rings. The van der Waals surface area contributed by atoms with Crippen LogP contribution in [0.4, 0.5) is 0 Å². The number of unbranched alkanes of at least 4 members (excludes halogenated alkanes) is 4. The Balaban J connectivity index is 1.78. The van der Waals surface area contributed by atoms with E-state index in [0.29, 0.717) is 6.61 Å². The lowest BCUT2D eigenvalue weighted by Crippen LogP contribution is -1.95. The van der Waals surface area contributed by atoms with E-state index in [0.717, 1.165) is 48.5 Å². The monoisotopic (exact) mass is 376 g/mol. The molecule has 0 aromatic heterocycles. The Labute approximate surface area is 170 Å². The van der Waals surface area contributed by atoms with Crippen LogP contribution in [-0.2, 0) is 0 Å². The molecule has 0 saturated heterocycles. The highest BCUT2D eigenvalue weighted by Gasteiger charge is 1.95. The Hall–Kier alpha value is -2.66. The van der Waals surface area contributed by atoms with Gasteiger partial charge in [0.05, 0.1) is 6.61 Å². The molecule has 0 heterocycles. The van der Waals surface area contributed by atoms with Crippen LogP contribution in [0.5, 0.6) is 11.5 Å². The predicted octanol–water partition coefficient (Wildman–Crippen LogP) is 6.78. The van der Waals surface area contributed by atoms with Gasteiger partial charge in [0.1, 0.15) is 18.1 Å². The molecule has 148 valence electrons. The van der Waals surface area contributed by atoms with Gasteiger partial charge >= 0.3 is 0 Å². The Kier molecular flexibility index (Phi) is 10.4. The van der Waals surface area contributed by atoms with Gasteiger partial charge in [-0.05, 0) is 67.8 Å². The van der Waals surface area contributed by atoms with Crippen LogP contribution in [0.25, 0.3) is 0 Å². The highest BCUT2D eigenvalue weighted by atomic mass is 16.5. The van der Waals surface area contributed by atoms with Gasteiger partial charge < -0.3 is 9.47 Å².